The predicted molar refractivity (Wildman–Crippen MR) is 148 cm³/mol. The van der Waals surface area contributed by atoms with Crippen molar-refractivity contribution in [1.82, 2.24) is 24.7 Å². The molecule has 3 aromatic heterocycles. The van der Waals surface area contributed by atoms with Gasteiger partial charge in [-0.05, 0) is 43.9 Å². The van der Waals surface area contributed by atoms with E-state index in [-0.39, 0.29) is 5.97 Å². The molecule has 1 aliphatic carbocycles. The van der Waals surface area contributed by atoms with Gasteiger partial charge in [0.2, 0.25) is 5.95 Å². The molecule has 0 aliphatic heterocycles. The van der Waals surface area contributed by atoms with Crippen molar-refractivity contribution in [3.05, 3.63) is 59.4 Å². The summed E-state index contributed by atoms with van der Waals surface area (Å²) in [6.07, 6.45) is 8.12. The van der Waals surface area contributed by atoms with E-state index >= 15 is 0 Å². The second-order valence-corrected chi connectivity index (χ2v) is 11.1. The van der Waals surface area contributed by atoms with Gasteiger partial charge < -0.3 is 20.3 Å². The number of fused-ring (bicyclic) bond motifs is 1. The average molecular weight is 538 g/mol. The Morgan fingerprint density at radius 2 is 1.95 bits per heavy atom. The van der Waals surface area contributed by atoms with E-state index in [1.54, 1.807) is 23.6 Å². The van der Waals surface area contributed by atoms with Crippen LogP contribution in [-0.2, 0) is 11.3 Å². The summed E-state index contributed by atoms with van der Waals surface area (Å²) in [4.78, 5) is 29.9. The van der Waals surface area contributed by atoms with Gasteiger partial charge >= 0.3 is 5.97 Å². The molecule has 0 unspecified atom stereocenters. The van der Waals surface area contributed by atoms with Crippen molar-refractivity contribution in [2.45, 2.75) is 54.2 Å². The van der Waals surface area contributed by atoms with E-state index in [0.717, 1.165) is 52.1 Å². The van der Waals surface area contributed by atoms with Crippen LogP contribution in [0.15, 0.2) is 58.0 Å². The third kappa shape index (κ3) is 5.89. The number of hydrogen-bond donors (Lipinski definition) is 2. The van der Waals surface area contributed by atoms with Gasteiger partial charge in [-0.25, -0.2) is 14.8 Å². The number of nitrogens with one attached hydrogen (secondary N) is 2. The molecule has 0 amide bonds. The molecule has 0 bridgehead atoms. The normalized spacial score (nSPS) is 17.6. The fourth-order valence-corrected chi connectivity index (χ4v) is 6.35. The fourth-order valence-electron chi connectivity index (χ4n) is 4.53. The number of carbonyl (C=O) groups is 1. The first-order valence-electron chi connectivity index (χ1n) is 12.3. The summed E-state index contributed by atoms with van der Waals surface area (Å²) >= 11 is 3.12. The van der Waals surface area contributed by atoms with Gasteiger partial charge in [0.1, 0.15) is 10.8 Å². The van der Waals surface area contributed by atoms with E-state index in [2.05, 4.69) is 31.2 Å². The largest absolute Gasteiger partial charge is 0.465 e. The standard InChI is InChI=1S/C26H31N7O2S2/c1-32(2)22-12-13-27-25(30-22)29-18-10-8-17(9-11-18)28-16-20-23(31-26-33(20)14-15-36-26)37-21-7-5-4-6-19(21)24(34)35-3/h4-7,12-15,17-18,28H,8-11,16H2,1-3H3,(H,27,29,30)/t17-,18+. The van der Waals surface area contributed by atoms with Gasteiger partial charge in [0.25, 0.3) is 0 Å². The van der Waals surface area contributed by atoms with Gasteiger partial charge in [0.05, 0.1) is 18.4 Å². The molecule has 9 nitrogen and oxygen atoms in total. The highest BCUT2D eigenvalue weighted by atomic mass is 32.2. The van der Waals surface area contributed by atoms with E-state index in [1.807, 2.05) is 48.6 Å². The summed E-state index contributed by atoms with van der Waals surface area (Å²) in [6, 6.07) is 10.2. The van der Waals surface area contributed by atoms with Crippen LogP contribution >= 0.6 is 23.1 Å². The van der Waals surface area contributed by atoms with Gasteiger partial charge in [-0.1, -0.05) is 23.9 Å². The van der Waals surface area contributed by atoms with Crippen LogP contribution in [0, 0.1) is 0 Å². The van der Waals surface area contributed by atoms with E-state index in [1.165, 1.54) is 18.9 Å². The third-order valence-electron chi connectivity index (χ3n) is 6.54. The van der Waals surface area contributed by atoms with Crippen LogP contribution < -0.4 is 15.5 Å². The maximum Gasteiger partial charge on any atom is 0.339 e. The zero-order valence-corrected chi connectivity index (χ0v) is 22.8. The lowest BCUT2D eigenvalue weighted by atomic mass is 9.91. The molecule has 1 saturated carbocycles. The van der Waals surface area contributed by atoms with E-state index in [9.17, 15) is 4.79 Å². The lowest BCUT2D eigenvalue weighted by Crippen LogP contribution is -2.37. The molecule has 11 heteroatoms. The van der Waals surface area contributed by atoms with Crippen LogP contribution in [0.2, 0.25) is 0 Å². The molecular weight excluding hydrogens is 506 g/mol. The Morgan fingerprint density at radius 1 is 1.16 bits per heavy atom. The van der Waals surface area contributed by atoms with Crippen molar-refractivity contribution in [2.24, 2.45) is 0 Å². The van der Waals surface area contributed by atoms with Crippen LogP contribution in [0.4, 0.5) is 11.8 Å². The number of carbonyl (C=O) groups excluding carboxylic acids is 1. The molecular formula is C26H31N7O2S2. The minimum atomic E-state index is -0.340. The Morgan fingerprint density at radius 3 is 2.73 bits per heavy atom. The third-order valence-corrected chi connectivity index (χ3v) is 8.39. The van der Waals surface area contributed by atoms with Crippen molar-refractivity contribution < 1.29 is 9.53 Å². The number of ether oxygens (including phenoxy) is 1. The molecule has 4 aromatic rings. The molecule has 194 valence electrons. The van der Waals surface area contributed by atoms with Crippen LogP contribution in [0.5, 0.6) is 0 Å². The molecule has 0 atom stereocenters. The summed E-state index contributed by atoms with van der Waals surface area (Å²) in [6.45, 7) is 0.706. The van der Waals surface area contributed by atoms with Gasteiger partial charge in [0.15, 0.2) is 4.96 Å². The molecule has 37 heavy (non-hydrogen) atoms. The average Bonchev–Trinajstić information content (AvgIpc) is 3.50. The SMILES string of the molecule is COC(=O)c1ccccc1Sc1nc2sccn2c1CN[C@H]1CC[C@@H](Nc2nccc(N(C)C)n2)CC1. The van der Waals surface area contributed by atoms with E-state index in [0.29, 0.717) is 30.1 Å². The molecule has 5 rings (SSSR count). The van der Waals surface area contributed by atoms with Gasteiger partial charge in [-0.2, -0.15) is 4.98 Å². The molecule has 1 aromatic carbocycles. The Hall–Kier alpha value is -3.15. The maximum atomic E-state index is 12.3. The minimum Gasteiger partial charge on any atom is -0.465 e. The number of esters is 1. The number of rotatable bonds is 9. The highest BCUT2D eigenvalue weighted by molar-refractivity contribution is 7.99. The maximum absolute atomic E-state index is 12.3. The van der Waals surface area contributed by atoms with Crippen molar-refractivity contribution in [3.8, 4) is 0 Å². The summed E-state index contributed by atoms with van der Waals surface area (Å²) in [5, 5.41) is 10.2. The van der Waals surface area contributed by atoms with Crippen LogP contribution in [0.1, 0.15) is 41.7 Å². The smallest absolute Gasteiger partial charge is 0.339 e. The summed E-state index contributed by atoms with van der Waals surface area (Å²) in [7, 11) is 5.37. The van der Waals surface area contributed by atoms with Crippen molar-refractivity contribution in [3.63, 3.8) is 0 Å². The highest BCUT2D eigenvalue weighted by Gasteiger charge is 2.23. The Balaban J connectivity index is 1.22. The van der Waals surface area contributed by atoms with Crippen LogP contribution in [0.25, 0.3) is 4.96 Å². The van der Waals surface area contributed by atoms with Gasteiger partial charge in [-0.15, -0.1) is 11.3 Å². The highest BCUT2D eigenvalue weighted by Crippen LogP contribution is 2.34. The van der Waals surface area contributed by atoms with E-state index in [4.69, 9.17) is 9.72 Å². The van der Waals surface area contributed by atoms with Crippen molar-refractivity contribution in [2.75, 3.05) is 31.4 Å². The number of hydrogen-bond acceptors (Lipinski definition) is 10. The minimum absolute atomic E-state index is 0.340. The summed E-state index contributed by atoms with van der Waals surface area (Å²) < 4.78 is 7.12. The number of benzene rings is 1. The molecule has 0 saturated heterocycles. The number of anilines is 2. The van der Waals surface area contributed by atoms with Crippen molar-refractivity contribution >= 4 is 45.8 Å². The Kier molecular flexibility index (Phi) is 7.92. The van der Waals surface area contributed by atoms with E-state index < -0.39 is 0 Å². The number of thiazole rings is 1. The predicted octanol–water partition coefficient (Wildman–Crippen LogP) is 4.70. The second-order valence-electron chi connectivity index (χ2n) is 9.22. The number of methoxy groups -OCH3 is 1. The van der Waals surface area contributed by atoms with Crippen LogP contribution in [-0.4, -0.2) is 58.6 Å². The summed E-state index contributed by atoms with van der Waals surface area (Å²) in [5.74, 6) is 1.25. The Labute approximate surface area is 224 Å². The van der Waals surface area contributed by atoms with Crippen LogP contribution in [0.3, 0.4) is 0 Å². The summed E-state index contributed by atoms with van der Waals surface area (Å²) in [5.41, 5.74) is 1.66. The quantitative estimate of drug-likeness (QED) is 0.294. The topological polar surface area (TPSA) is 96.7 Å². The molecule has 1 aliphatic rings. The van der Waals surface area contributed by atoms with Gasteiger partial charge in [0, 0.05) is 55.4 Å². The lowest BCUT2D eigenvalue weighted by molar-refractivity contribution is 0.0597. The first-order valence-corrected chi connectivity index (χ1v) is 14.0. The lowest BCUT2D eigenvalue weighted by Gasteiger charge is -2.30. The molecule has 0 radical (unpaired) electrons. The Bertz CT molecular complexity index is 1360. The molecule has 0 spiro atoms. The van der Waals surface area contributed by atoms with Gasteiger partial charge in [-0.3, -0.25) is 4.40 Å². The fraction of sp³-hybridized carbons (Fsp3) is 0.385. The monoisotopic (exact) mass is 537 g/mol. The molecule has 1 fully saturated rings. The zero-order chi connectivity index (χ0) is 25.8. The number of aromatic nitrogens is 4. The first-order chi connectivity index (χ1) is 18.0. The van der Waals surface area contributed by atoms with Crippen molar-refractivity contribution in [1.29, 1.82) is 0 Å². The molecule has 3 heterocycles. The zero-order valence-electron chi connectivity index (χ0n) is 21.2. The number of imidazole rings is 1. The molecule has 2 N–H and O–H groups in total. The second kappa shape index (κ2) is 11.5. The first kappa shape index (κ1) is 25.5. The number of nitrogens with zero attached hydrogens (tertiary/aromatic N) is 5.